The predicted molar refractivity (Wildman–Crippen MR) is 90.2 cm³/mol. The van der Waals surface area contributed by atoms with Gasteiger partial charge in [-0.25, -0.2) is 0 Å². The summed E-state index contributed by atoms with van der Waals surface area (Å²) in [6, 6.07) is 0. The van der Waals surface area contributed by atoms with Gasteiger partial charge in [-0.15, -0.1) is 0 Å². The molecule has 0 atom stereocenters. The molecule has 21 heavy (non-hydrogen) atoms. The first kappa shape index (κ1) is 16.7. The molecule has 0 aromatic rings. The van der Waals surface area contributed by atoms with Gasteiger partial charge in [-0.1, -0.05) is 31.5 Å². The zero-order chi connectivity index (χ0) is 15.7. The molecule has 0 unspecified atom stereocenters. The summed E-state index contributed by atoms with van der Waals surface area (Å²) < 4.78 is 0. The summed E-state index contributed by atoms with van der Waals surface area (Å²) in [5.41, 5.74) is 5.59. The van der Waals surface area contributed by atoms with E-state index < -0.39 is 5.41 Å². The van der Waals surface area contributed by atoms with Gasteiger partial charge in [0.05, 0.1) is 10.4 Å². The van der Waals surface area contributed by atoms with Gasteiger partial charge in [-0.2, -0.15) is 0 Å². The molecule has 1 saturated carbocycles. The van der Waals surface area contributed by atoms with Crippen molar-refractivity contribution in [1.29, 1.82) is 0 Å². The fourth-order valence-corrected chi connectivity index (χ4v) is 3.90. The average molecular weight is 311 g/mol. The van der Waals surface area contributed by atoms with Crippen LogP contribution in [-0.2, 0) is 4.79 Å². The first-order chi connectivity index (χ1) is 9.77. The van der Waals surface area contributed by atoms with Gasteiger partial charge in [0, 0.05) is 31.7 Å². The van der Waals surface area contributed by atoms with Crippen LogP contribution in [0, 0.1) is 5.41 Å². The van der Waals surface area contributed by atoms with Gasteiger partial charge < -0.3 is 10.6 Å². The highest BCUT2D eigenvalue weighted by atomic mass is 32.1. The summed E-state index contributed by atoms with van der Waals surface area (Å²) in [4.78, 5) is 17.8. The number of hydrogen-bond acceptors (Lipinski definition) is 3. The van der Waals surface area contributed by atoms with Gasteiger partial charge in [0.2, 0.25) is 5.91 Å². The van der Waals surface area contributed by atoms with Gasteiger partial charge >= 0.3 is 0 Å². The Bertz CT molecular complexity index is 402. The van der Waals surface area contributed by atoms with Gasteiger partial charge in [0.1, 0.15) is 0 Å². The summed E-state index contributed by atoms with van der Waals surface area (Å²) in [5, 5.41) is 0. The molecular weight excluding hydrogens is 282 g/mol. The summed E-state index contributed by atoms with van der Waals surface area (Å²) in [5.74, 6) is 0.184. The Balaban J connectivity index is 2.05. The van der Waals surface area contributed by atoms with Crippen LogP contribution in [0.15, 0.2) is 0 Å². The predicted octanol–water partition coefficient (Wildman–Crippen LogP) is 2.17. The normalized spacial score (nSPS) is 23.9. The molecule has 1 heterocycles. The molecule has 0 bridgehead atoms. The number of carbonyl (C=O) groups is 1. The van der Waals surface area contributed by atoms with Gasteiger partial charge in [0.15, 0.2) is 0 Å². The second kappa shape index (κ2) is 6.21. The lowest BCUT2D eigenvalue weighted by Crippen LogP contribution is -2.59. The minimum Gasteiger partial charge on any atom is -0.392 e. The fraction of sp³-hybridized carbons (Fsp3) is 0.875. The van der Waals surface area contributed by atoms with Crippen molar-refractivity contribution in [1.82, 2.24) is 9.80 Å². The number of piperazine rings is 1. The van der Waals surface area contributed by atoms with Crippen LogP contribution < -0.4 is 5.73 Å². The van der Waals surface area contributed by atoms with Crippen LogP contribution in [0.2, 0.25) is 0 Å². The molecule has 2 fully saturated rings. The van der Waals surface area contributed by atoms with Crippen LogP contribution in [0.3, 0.4) is 0 Å². The van der Waals surface area contributed by atoms with Crippen LogP contribution in [0.4, 0.5) is 0 Å². The summed E-state index contributed by atoms with van der Waals surface area (Å²) in [7, 11) is 0. The number of nitrogens with zero attached hydrogens (tertiary/aromatic N) is 2. The zero-order valence-electron chi connectivity index (χ0n) is 13.7. The Hall–Kier alpha value is -0.680. The van der Waals surface area contributed by atoms with E-state index in [9.17, 15) is 4.79 Å². The Labute approximate surface area is 134 Å². The van der Waals surface area contributed by atoms with Crippen molar-refractivity contribution in [3.8, 4) is 0 Å². The van der Waals surface area contributed by atoms with Crippen LogP contribution >= 0.6 is 12.2 Å². The lowest BCUT2D eigenvalue weighted by atomic mass is 9.72. The van der Waals surface area contributed by atoms with E-state index in [0.29, 0.717) is 4.99 Å². The van der Waals surface area contributed by atoms with Crippen molar-refractivity contribution in [3.63, 3.8) is 0 Å². The molecule has 1 aliphatic carbocycles. The SMILES string of the molecule is CC(C)(C)N1CCN(C(=O)C2(C(N)=S)CCCCC2)CC1. The topological polar surface area (TPSA) is 49.6 Å². The van der Waals surface area contributed by atoms with Crippen molar-refractivity contribution >= 4 is 23.1 Å². The summed E-state index contributed by atoms with van der Waals surface area (Å²) in [6.07, 6.45) is 4.98. The van der Waals surface area contributed by atoms with Gasteiger partial charge in [-0.05, 0) is 33.6 Å². The molecule has 0 aromatic carbocycles. The number of amides is 1. The van der Waals surface area contributed by atoms with E-state index in [1.165, 1.54) is 6.42 Å². The minimum absolute atomic E-state index is 0.167. The quantitative estimate of drug-likeness (QED) is 0.794. The first-order valence-corrected chi connectivity index (χ1v) is 8.52. The number of hydrogen-bond donors (Lipinski definition) is 1. The van der Waals surface area contributed by atoms with E-state index in [1.54, 1.807) is 0 Å². The van der Waals surface area contributed by atoms with Crippen LogP contribution in [0.1, 0.15) is 52.9 Å². The van der Waals surface area contributed by atoms with E-state index in [0.717, 1.165) is 51.9 Å². The second-order valence-electron chi connectivity index (χ2n) is 7.46. The Morgan fingerprint density at radius 2 is 1.57 bits per heavy atom. The van der Waals surface area contributed by atoms with Crippen molar-refractivity contribution < 1.29 is 4.79 Å². The minimum atomic E-state index is -0.558. The third-order valence-corrected chi connectivity index (χ3v) is 5.49. The van der Waals surface area contributed by atoms with Crippen LogP contribution in [0.25, 0.3) is 0 Å². The van der Waals surface area contributed by atoms with Crippen LogP contribution in [0.5, 0.6) is 0 Å². The maximum atomic E-state index is 13.0. The molecule has 2 N–H and O–H groups in total. The van der Waals surface area contributed by atoms with E-state index in [1.807, 2.05) is 4.90 Å². The molecular formula is C16H29N3OS. The number of thiocarbonyl (C=S) groups is 1. The highest BCUT2D eigenvalue weighted by Gasteiger charge is 2.45. The average Bonchev–Trinajstić information content (AvgIpc) is 2.46. The molecule has 2 rings (SSSR count). The Kier molecular flexibility index (Phi) is 4.93. The van der Waals surface area contributed by atoms with Gasteiger partial charge in [0.25, 0.3) is 0 Å². The monoisotopic (exact) mass is 311 g/mol. The summed E-state index contributed by atoms with van der Waals surface area (Å²) >= 11 is 5.28. The lowest BCUT2D eigenvalue weighted by Gasteiger charge is -2.45. The highest BCUT2D eigenvalue weighted by molar-refractivity contribution is 7.80. The summed E-state index contributed by atoms with van der Waals surface area (Å²) in [6.45, 7) is 10.1. The first-order valence-electron chi connectivity index (χ1n) is 8.12. The van der Waals surface area contributed by atoms with E-state index in [4.69, 9.17) is 18.0 Å². The van der Waals surface area contributed by atoms with Crippen molar-refractivity contribution in [2.45, 2.75) is 58.4 Å². The number of carbonyl (C=O) groups excluding carboxylic acids is 1. The largest absolute Gasteiger partial charge is 0.392 e. The molecule has 4 nitrogen and oxygen atoms in total. The van der Waals surface area contributed by atoms with Crippen molar-refractivity contribution in [2.75, 3.05) is 26.2 Å². The molecule has 5 heteroatoms. The number of rotatable bonds is 2. The van der Waals surface area contributed by atoms with Crippen molar-refractivity contribution in [3.05, 3.63) is 0 Å². The molecule has 120 valence electrons. The standard InChI is InChI=1S/C16H29N3OS/c1-15(2,3)19-11-9-18(10-12-19)14(20)16(13(17)21)7-5-4-6-8-16/h4-12H2,1-3H3,(H2,17,21). The lowest BCUT2D eigenvalue weighted by molar-refractivity contribution is -0.142. The highest BCUT2D eigenvalue weighted by Crippen LogP contribution is 2.38. The van der Waals surface area contributed by atoms with E-state index in [2.05, 4.69) is 25.7 Å². The molecule has 1 aliphatic heterocycles. The number of nitrogens with two attached hydrogens (primary N) is 1. The third-order valence-electron chi connectivity index (χ3n) is 5.10. The van der Waals surface area contributed by atoms with Gasteiger partial charge in [-0.3, -0.25) is 9.69 Å². The maximum Gasteiger partial charge on any atom is 0.235 e. The van der Waals surface area contributed by atoms with Crippen molar-refractivity contribution in [2.24, 2.45) is 11.1 Å². The van der Waals surface area contributed by atoms with Crippen LogP contribution in [-0.4, -0.2) is 52.4 Å². The fourth-order valence-electron chi connectivity index (χ4n) is 3.60. The van der Waals surface area contributed by atoms with E-state index in [-0.39, 0.29) is 11.4 Å². The molecule has 0 aromatic heterocycles. The molecule has 0 radical (unpaired) electrons. The second-order valence-corrected chi connectivity index (χ2v) is 7.90. The molecule has 1 saturated heterocycles. The van der Waals surface area contributed by atoms with E-state index >= 15 is 0 Å². The smallest absolute Gasteiger partial charge is 0.235 e. The molecule has 2 aliphatic rings. The molecule has 0 spiro atoms. The molecule has 1 amide bonds. The third kappa shape index (κ3) is 3.39. The Morgan fingerprint density at radius 3 is 2.00 bits per heavy atom. The Morgan fingerprint density at radius 1 is 1.05 bits per heavy atom. The maximum absolute atomic E-state index is 13.0. The zero-order valence-corrected chi connectivity index (χ0v) is 14.5.